The van der Waals surface area contributed by atoms with Gasteiger partial charge in [0.05, 0.1) is 17.5 Å². The summed E-state index contributed by atoms with van der Waals surface area (Å²) < 4.78 is 62.1. The van der Waals surface area contributed by atoms with Gasteiger partial charge in [0.15, 0.2) is 0 Å². The minimum atomic E-state index is -4.65. The fourth-order valence-electron chi connectivity index (χ4n) is 6.79. The first kappa shape index (κ1) is 39.9. The standard InChI is InChI=1S/C40H45F4N5O5/c1-5-23(3)33(47-32(50)20-26-10-7-8-13-30(26)41)36(51)49-39(17-14-31-28(21-39)27-11-9-12-29(35(27)46-31)40(42,43)44)38(53)48-34(24(4)6-2)37(52)54-22-25-15-18-45-19-16-25/h7-13,15-16,18-19,23-24,33-34,46H,5-6,14,17,20-22H2,1-4H3,(H,47,50)(H,48,53)(H,49,51). The molecular weight excluding hydrogens is 706 g/mol. The maximum atomic E-state index is 14.7. The maximum Gasteiger partial charge on any atom is 0.418 e. The number of nitrogens with zero attached hydrogens (tertiary/aromatic N) is 1. The summed E-state index contributed by atoms with van der Waals surface area (Å²) in [6.07, 6.45) is -1.12. The van der Waals surface area contributed by atoms with E-state index in [1.807, 2.05) is 13.8 Å². The van der Waals surface area contributed by atoms with Crippen molar-refractivity contribution in [3.63, 3.8) is 0 Å². The number of benzene rings is 2. The predicted molar refractivity (Wildman–Crippen MR) is 193 cm³/mol. The van der Waals surface area contributed by atoms with Crippen LogP contribution < -0.4 is 16.0 Å². The van der Waals surface area contributed by atoms with E-state index in [1.54, 1.807) is 44.4 Å². The normalized spacial score (nSPS) is 17.8. The van der Waals surface area contributed by atoms with Crippen LogP contribution >= 0.6 is 0 Å². The second-order valence-electron chi connectivity index (χ2n) is 14.1. The number of hydrogen-bond acceptors (Lipinski definition) is 6. The number of amides is 3. The lowest BCUT2D eigenvalue weighted by Gasteiger charge is -2.39. The van der Waals surface area contributed by atoms with E-state index >= 15 is 0 Å². The Labute approximate surface area is 310 Å². The van der Waals surface area contributed by atoms with E-state index in [0.29, 0.717) is 29.7 Å². The molecule has 0 fully saturated rings. The first-order valence-corrected chi connectivity index (χ1v) is 18.1. The third kappa shape index (κ3) is 8.91. The summed E-state index contributed by atoms with van der Waals surface area (Å²) in [5, 5.41) is 8.69. The molecule has 0 radical (unpaired) electrons. The summed E-state index contributed by atoms with van der Waals surface area (Å²) in [5.41, 5.74) is -1.02. The van der Waals surface area contributed by atoms with Crippen LogP contribution in [-0.2, 0) is 56.0 Å². The molecule has 0 spiro atoms. The van der Waals surface area contributed by atoms with E-state index in [2.05, 4.69) is 25.9 Å². The Hall–Kier alpha value is -5.27. The van der Waals surface area contributed by atoms with Crippen molar-refractivity contribution < 1.29 is 41.5 Å². The molecule has 0 saturated carbocycles. The first-order valence-electron chi connectivity index (χ1n) is 18.1. The Morgan fingerprint density at radius 3 is 2.28 bits per heavy atom. The van der Waals surface area contributed by atoms with Crippen LogP contribution in [0.5, 0.6) is 0 Å². The number of aromatic amines is 1. The van der Waals surface area contributed by atoms with Crippen LogP contribution in [0.2, 0.25) is 0 Å². The first-order chi connectivity index (χ1) is 25.7. The average Bonchev–Trinajstić information content (AvgIpc) is 3.52. The van der Waals surface area contributed by atoms with Crippen molar-refractivity contribution >= 4 is 34.6 Å². The van der Waals surface area contributed by atoms with Crippen molar-refractivity contribution in [3.05, 3.63) is 101 Å². The average molecular weight is 752 g/mol. The zero-order valence-electron chi connectivity index (χ0n) is 30.6. The molecular formula is C40H45F4N5O5. The number of halogens is 4. The number of aryl methyl sites for hydroxylation is 1. The molecule has 54 heavy (non-hydrogen) atoms. The van der Waals surface area contributed by atoms with Crippen molar-refractivity contribution in [1.29, 1.82) is 0 Å². The van der Waals surface area contributed by atoms with E-state index in [4.69, 9.17) is 4.74 Å². The van der Waals surface area contributed by atoms with Gasteiger partial charge in [-0.1, -0.05) is 70.9 Å². The molecule has 2 aromatic carbocycles. The predicted octanol–water partition coefficient (Wildman–Crippen LogP) is 6.11. The van der Waals surface area contributed by atoms with Crippen molar-refractivity contribution in [2.45, 2.75) is 96.6 Å². The number of hydrogen-bond donors (Lipinski definition) is 4. The largest absolute Gasteiger partial charge is 0.459 e. The number of carbonyl (C=O) groups excluding carboxylic acids is 4. The zero-order chi connectivity index (χ0) is 39.2. The van der Waals surface area contributed by atoms with Gasteiger partial charge in [0.2, 0.25) is 17.7 Å². The third-order valence-electron chi connectivity index (χ3n) is 10.4. The number of fused-ring (bicyclic) bond motifs is 3. The molecule has 14 heteroatoms. The van der Waals surface area contributed by atoms with E-state index in [-0.39, 0.29) is 48.8 Å². The topological polar surface area (TPSA) is 142 Å². The Bertz CT molecular complexity index is 1980. The van der Waals surface area contributed by atoms with Gasteiger partial charge in [0, 0.05) is 29.9 Å². The number of ether oxygens (including phenoxy) is 1. The summed E-state index contributed by atoms with van der Waals surface area (Å²) in [7, 11) is 0. The summed E-state index contributed by atoms with van der Waals surface area (Å²) in [4.78, 5) is 62.6. The molecule has 1 aliphatic rings. The smallest absolute Gasteiger partial charge is 0.418 e. The number of aromatic nitrogens is 2. The lowest BCUT2D eigenvalue weighted by Crippen LogP contribution is -2.66. The molecule has 0 saturated heterocycles. The highest BCUT2D eigenvalue weighted by molar-refractivity contribution is 5.98. The molecule has 5 rings (SSSR count). The summed E-state index contributed by atoms with van der Waals surface area (Å²) in [5.74, 6) is -4.17. The minimum absolute atomic E-state index is 0.0402. The Balaban J connectivity index is 1.49. The van der Waals surface area contributed by atoms with Crippen LogP contribution in [0.1, 0.15) is 74.9 Å². The van der Waals surface area contributed by atoms with E-state index in [9.17, 15) is 36.7 Å². The van der Waals surface area contributed by atoms with Gasteiger partial charge in [-0.15, -0.1) is 0 Å². The molecule has 5 unspecified atom stereocenters. The summed E-state index contributed by atoms with van der Waals surface area (Å²) >= 11 is 0. The van der Waals surface area contributed by atoms with E-state index < -0.39 is 70.7 Å². The van der Waals surface area contributed by atoms with Gasteiger partial charge in [0.1, 0.15) is 30.0 Å². The molecule has 5 atom stereocenters. The molecule has 3 amide bonds. The fourth-order valence-corrected chi connectivity index (χ4v) is 6.79. The summed E-state index contributed by atoms with van der Waals surface area (Å²) in [6.45, 7) is 7.10. The highest BCUT2D eigenvalue weighted by atomic mass is 19.4. The van der Waals surface area contributed by atoms with E-state index in [0.717, 1.165) is 6.07 Å². The van der Waals surface area contributed by atoms with E-state index in [1.165, 1.54) is 30.3 Å². The van der Waals surface area contributed by atoms with Crippen LogP contribution in [0.25, 0.3) is 10.9 Å². The summed E-state index contributed by atoms with van der Waals surface area (Å²) in [6, 6.07) is 10.6. The highest BCUT2D eigenvalue weighted by Gasteiger charge is 2.47. The van der Waals surface area contributed by atoms with Crippen LogP contribution in [-0.4, -0.2) is 51.3 Å². The Kier molecular flexibility index (Phi) is 12.4. The van der Waals surface area contributed by atoms with Gasteiger partial charge in [-0.3, -0.25) is 19.4 Å². The Morgan fingerprint density at radius 1 is 0.926 bits per heavy atom. The molecule has 10 nitrogen and oxygen atoms in total. The van der Waals surface area contributed by atoms with Crippen LogP contribution in [0.15, 0.2) is 67.0 Å². The molecule has 4 aromatic rings. The van der Waals surface area contributed by atoms with Crippen LogP contribution in [0.3, 0.4) is 0 Å². The van der Waals surface area contributed by atoms with Crippen molar-refractivity contribution in [2.75, 3.05) is 0 Å². The number of rotatable bonds is 14. The van der Waals surface area contributed by atoms with Gasteiger partial charge in [-0.05, 0) is 65.6 Å². The quantitative estimate of drug-likeness (QED) is 0.0905. The number of pyridine rings is 1. The molecule has 2 heterocycles. The molecule has 1 aliphatic carbocycles. The molecule has 4 N–H and O–H groups in total. The number of para-hydroxylation sites is 1. The number of carbonyl (C=O) groups is 4. The molecule has 0 bridgehead atoms. The fraction of sp³-hybridized carbons (Fsp3) is 0.425. The number of esters is 1. The SMILES string of the molecule is CCC(C)C(NC(=O)Cc1ccccc1F)C(=O)NC1(C(=O)NC(C(=O)OCc2ccncc2)C(C)CC)CCc2[nH]c3c(C(F)(F)F)cccc3c2C1. The number of nitrogens with one attached hydrogen (secondary N) is 4. The second kappa shape index (κ2) is 16.8. The van der Waals surface area contributed by atoms with Gasteiger partial charge in [-0.2, -0.15) is 13.2 Å². The molecule has 288 valence electrons. The van der Waals surface area contributed by atoms with Crippen molar-refractivity contribution in [1.82, 2.24) is 25.9 Å². The second-order valence-corrected chi connectivity index (χ2v) is 14.1. The molecule has 2 aromatic heterocycles. The Morgan fingerprint density at radius 2 is 1.61 bits per heavy atom. The lowest BCUT2D eigenvalue weighted by atomic mass is 9.78. The number of H-pyrrole nitrogens is 1. The van der Waals surface area contributed by atoms with Gasteiger partial charge in [-0.25, -0.2) is 9.18 Å². The third-order valence-corrected chi connectivity index (χ3v) is 10.4. The van der Waals surface area contributed by atoms with Crippen molar-refractivity contribution in [3.8, 4) is 0 Å². The number of alkyl halides is 3. The highest BCUT2D eigenvalue weighted by Crippen LogP contribution is 2.40. The molecule has 0 aliphatic heterocycles. The monoisotopic (exact) mass is 751 g/mol. The lowest BCUT2D eigenvalue weighted by molar-refractivity contribution is -0.151. The van der Waals surface area contributed by atoms with Gasteiger partial charge >= 0.3 is 12.1 Å². The van der Waals surface area contributed by atoms with Gasteiger partial charge in [0.25, 0.3) is 0 Å². The van der Waals surface area contributed by atoms with Crippen LogP contribution in [0, 0.1) is 17.7 Å². The maximum absolute atomic E-state index is 14.7. The zero-order valence-corrected chi connectivity index (χ0v) is 30.6. The minimum Gasteiger partial charge on any atom is -0.459 e. The van der Waals surface area contributed by atoms with Crippen LogP contribution in [0.4, 0.5) is 17.6 Å². The van der Waals surface area contributed by atoms with Gasteiger partial charge < -0.3 is 25.7 Å². The van der Waals surface area contributed by atoms with Crippen molar-refractivity contribution in [2.24, 2.45) is 11.8 Å².